The number of rotatable bonds is 3. The lowest BCUT2D eigenvalue weighted by molar-refractivity contribution is -0.119. The summed E-state index contributed by atoms with van der Waals surface area (Å²) >= 11 is 3.37. The molecular weight excluding hydrogens is 322 g/mol. The van der Waals surface area contributed by atoms with Crippen molar-refractivity contribution < 1.29 is 9.59 Å². The number of amides is 3. The number of carbonyl (C=O) groups is 2. The van der Waals surface area contributed by atoms with Crippen LogP contribution in [-0.4, -0.2) is 29.9 Å². The summed E-state index contributed by atoms with van der Waals surface area (Å²) in [7, 11) is 0. The molecule has 1 aromatic carbocycles. The van der Waals surface area contributed by atoms with E-state index < -0.39 is 0 Å². The van der Waals surface area contributed by atoms with Crippen LogP contribution in [0.1, 0.15) is 19.3 Å². The molecule has 0 aromatic heterocycles. The number of piperidine rings is 1. The first-order valence-corrected chi connectivity index (χ1v) is 7.43. The van der Waals surface area contributed by atoms with E-state index in [2.05, 4.69) is 21.2 Å². The minimum absolute atomic E-state index is 0.128. The van der Waals surface area contributed by atoms with Crippen LogP contribution in [-0.2, 0) is 4.79 Å². The number of primary amides is 1. The summed E-state index contributed by atoms with van der Waals surface area (Å²) in [6, 6.07) is 7.33. The Morgan fingerprint density at radius 2 is 2.25 bits per heavy atom. The highest BCUT2D eigenvalue weighted by molar-refractivity contribution is 9.10. The third-order valence-electron chi connectivity index (χ3n) is 3.37. The Balaban J connectivity index is 1.93. The van der Waals surface area contributed by atoms with E-state index in [1.165, 1.54) is 0 Å². The molecule has 0 unspecified atom stereocenters. The number of nitrogens with zero attached hydrogens (tertiary/aromatic N) is 1. The number of nitrogens with one attached hydrogen (secondary N) is 1. The third kappa shape index (κ3) is 4.23. The number of hydrogen-bond acceptors (Lipinski definition) is 2. The Hall–Kier alpha value is -1.56. The van der Waals surface area contributed by atoms with Gasteiger partial charge in [-0.3, -0.25) is 4.79 Å². The Morgan fingerprint density at radius 1 is 1.45 bits per heavy atom. The van der Waals surface area contributed by atoms with Crippen molar-refractivity contribution in [3.8, 4) is 0 Å². The van der Waals surface area contributed by atoms with Crippen LogP contribution in [0, 0.1) is 5.92 Å². The molecule has 3 N–H and O–H groups in total. The number of urea groups is 1. The van der Waals surface area contributed by atoms with Crippen LogP contribution >= 0.6 is 15.9 Å². The zero-order valence-corrected chi connectivity index (χ0v) is 12.7. The molecule has 1 fully saturated rings. The van der Waals surface area contributed by atoms with Gasteiger partial charge >= 0.3 is 6.03 Å². The first-order valence-electron chi connectivity index (χ1n) is 6.64. The molecule has 1 heterocycles. The average Bonchev–Trinajstić information content (AvgIpc) is 2.38. The maximum absolute atomic E-state index is 12.2. The first-order chi connectivity index (χ1) is 9.54. The van der Waals surface area contributed by atoms with E-state index in [1.807, 2.05) is 24.3 Å². The van der Waals surface area contributed by atoms with Gasteiger partial charge in [0.05, 0.1) is 0 Å². The molecule has 1 aliphatic rings. The monoisotopic (exact) mass is 339 g/mol. The highest BCUT2D eigenvalue weighted by Crippen LogP contribution is 2.21. The minimum atomic E-state index is -0.302. The van der Waals surface area contributed by atoms with Crippen LogP contribution in [0.3, 0.4) is 0 Å². The van der Waals surface area contributed by atoms with Gasteiger partial charge in [0, 0.05) is 29.7 Å². The van der Waals surface area contributed by atoms with E-state index >= 15 is 0 Å². The fourth-order valence-electron chi connectivity index (χ4n) is 2.47. The molecular formula is C14H18BrN3O2. The Morgan fingerprint density at radius 3 is 2.95 bits per heavy atom. The maximum atomic E-state index is 12.2. The Bertz CT molecular complexity index is 507. The summed E-state index contributed by atoms with van der Waals surface area (Å²) in [5.74, 6) is -0.126. The number of nitrogens with two attached hydrogens (primary N) is 1. The van der Waals surface area contributed by atoms with Gasteiger partial charge in [0.15, 0.2) is 0 Å². The average molecular weight is 340 g/mol. The van der Waals surface area contributed by atoms with Gasteiger partial charge in [-0.05, 0) is 37.0 Å². The highest BCUT2D eigenvalue weighted by atomic mass is 79.9. The van der Waals surface area contributed by atoms with Gasteiger partial charge in [-0.25, -0.2) is 4.79 Å². The molecule has 20 heavy (non-hydrogen) atoms. The topological polar surface area (TPSA) is 75.4 Å². The number of hydrogen-bond donors (Lipinski definition) is 2. The summed E-state index contributed by atoms with van der Waals surface area (Å²) in [6.07, 6.45) is 2.20. The first kappa shape index (κ1) is 14.8. The predicted molar refractivity (Wildman–Crippen MR) is 81.3 cm³/mol. The summed E-state index contributed by atoms with van der Waals surface area (Å²) in [5.41, 5.74) is 5.97. The number of anilines is 1. The van der Waals surface area contributed by atoms with Crippen LogP contribution in [0.15, 0.2) is 28.7 Å². The molecule has 1 aromatic rings. The van der Waals surface area contributed by atoms with Crippen molar-refractivity contribution in [1.82, 2.24) is 4.90 Å². The van der Waals surface area contributed by atoms with Crippen LogP contribution in [0.5, 0.6) is 0 Å². The Labute approximate surface area is 126 Å². The van der Waals surface area contributed by atoms with Gasteiger partial charge in [-0.15, -0.1) is 0 Å². The number of carbonyl (C=O) groups excluding carboxylic acids is 2. The van der Waals surface area contributed by atoms with Gasteiger partial charge < -0.3 is 16.0 Å². The SMILES string of the molecule is NC(=O)C[C@@H]1CCCN(C(=O)Nc2cccc(Br)c2)C1. The molecule has 0 radical (unpaired) electrons. The van der Waals surface area contributed by atoms with Crippen molar-refractivity contribution in [1.29, 1.82) is 0 Å². The summed E-state index contributed by atoms with van der Waals surface area (Å²) in [6.45, 7) is 1.30. The molecule has 108 valence electrons. The van der Waals surface area contributed by atoms with Crippen molar-refractivity contribution in [2.75, 3.05) is 18.4 Å². The lowest BCUT2D eigenvalue weighted by Crippen LogP contribution is -2.43. The molecule has 1 saturated heterocycles. The van der Waals surface area contributed by atoms with Crippen LogP contribution < -0.4 is 11.1 Å². The van der Waals surface area contributed by atoms with Gasteiger partial charge in [0.2, 0.25) is 5.91 Å². The van der Waals surface area contributed by atoms with E-state index in [-0.39, 0.29) is 17.9 Å². The van der Waals surface area contributed by atoms with Crippen molar-refractivity contribution in [2.45, 2.75) is 19.3 Å². The second-order valence-electron chi connectivity index (χ2n) is 5.07. The standard InChI is InChI=1S/C14H18BrN3O2/c15-11-4-1-5-12(8-11)17-14(20)18-6-2-3-10(9-18)7-13(16)19/h1,4-5,8,10H,2-3,6-7,9H2,(H2,16,19)(H,17,20)/t10-/m0/s1. The largest absolute Gasteiger partial charge is 0.370 e. The second kappa shape index (κ2) is 6.74. The molecule has 3 amide bonds. The van der Waals surface area contributed by atoms with E-state index in [0.29, 0.717) is 13.0 Å². The molecule has 0 bridgehead atoms. The predicted octanol–water partition coefficient (Wildman–Crippen LogP) is 2.57. The smallest absolute Gasteiger partial charge is 0.321 e. The molecule has 6 heteroatoms. The molecule has 5 nitrogen and oxygen atoms in total. The van der Waals surface area contributed by atoms with Gasteiger partial charge in [0.25, 0.3) is 0 Å². The fourth-order valence-corrected chi connectivity index (χ4v) is 2.87. The van der Waals surface area contributed by atoms with E-state index in [1.54, 1.807) is 4.90 Å². The zero-order valence-electron chi connectivity index (χ0n) is 11.1. The van der Waals surface area contributed by atoms with E-state index in [4.69, 9.17) is 5.73 Å². The normalized spacial score (nSPS) is 18.6. The second-order valence-corrected chi connectivity index (χ2v) is 5.98. The summed E-state index contributed by atoms with van der Waals surface area (Å²) < 4.78 is 0.917. The van der Waals surface area contributed by atoms with Crippen molar-refractivity contribution >= 4 is 33.6 Å². The molecule has 0 saturated carbocycles. The molecule has 1 aliphatic heterocycles. The maximum Gasteiger partial charge on any atom is 0.321 e. The lowest BCUT2D eigenvalue weighted by atomic mass is 9.95. The number of benzene rings is 1. The van der Waals surface area contributed by atoms with Crippen LogP contribution in [0.25, 0.3) is 0 Å². The molecule has 0 spiro atoms. The van der Waals surface area contributed by atoms with E-state index in [0.717, 1.165) is 29.5 Å². The molecule has 0 aliphatic carbocycles. The number of halogens is 1. The van der Waals surface area contributed by atoms with Crippen molar-refractivity contribution in [2.24, 2.45) is 11.7 Å². The lowest BCUT2D eigenvalue weighted by Gasteiger charge is -2.32. The summed E-state index contributed by atoms with van der Waals surface area (Å²) in [5, 5.41) is 2.87. The molecule has 1 atom stereocenters. The molecule has 2 rings (SSSR count). The quantitative estimate of drug-likeness (QED) is 0.887. The summed E-state index contributed by atoms with van der Waals surface area (Å²) in [4.78, 5) is 24.9. The van der Waals surface area contributed by atoms with Gasteiger partial charge in [0.1, 0.15) is 0 Å². The van der Waals surface area contributed by atoms with E-state index in [9.17, 15) is 9.59 Å². The zero-order chi connectivity index (χ0) is 14.5. The number of likely N-dealkylation sites (tertiary alicyclic amines) is 1. The fraction of sp³-hybridized carbons (Fsp3) is 0.429. The highest BCUT2D eigenvalue weighted by Gasteiger charge is 2.24. The van der Waals surface area contributed by atoms with Crippen LogP contribution in [0.4, 0.5) is 10.5 Å². The van der Waals surface area contributed by atoms with Gasteiger partial charge in [-0.2, -0.15) is 0 Å². The van der Waals surface area contributed by atoms with Gasteiger partial charge in [-0.1, -0.05) is 22.0 Å². The third-order valence-corrected chi connectivity index (χ3v) is 3.87. The minimum Gasteiger partial charge on any atom is -0.370 e. The van der Waals surface area contributed by atoms with Crippen LogP contribution in [0.2, 0.25) is 0 Å². The Kier molecular flexibility index (Phi) is 5.00. The van der Waals surface area contributed by atoms with Crippen molar-refractivity contribution in [3.63, 3.8) is 0 Å². The van der Waals surface area contributed by atoms with Crippen molar-refractivity contribution in [3.05, 3.63) is 28.7 Å².